The Balaban J connectivity index is 0.000000130. The number of halogens is 7. The largest absolute Gasteiger partial charge is 0.497 e. The summed E-state index contributed by atoms with van der Waals surface area (Å²) >= 11 is 3.34. The molecule has 0 atom stereocenters. The van der Waals surface area contributed by atoms with Crippen molar-refractivity contribution in [2.24, 2.45) is 0 Å². The van der Waals surface area contributed by atoms with Crippen molar-refractivity contribution in [2.75, 3.05) is 9.80 Å². The number of anilines is 6. The number of pyridine rings is 2. The van der Waals surface area contributed by atoms with Crippen LogP contribution in [0, 0.1) is 34.9 Å². The highest BCUT2D eigenvalue weighted by Gasteiger charge is 2.52. The first kappa shape index (κ1) is 59.1. The topological polar surface area (TPSA) is 50.7 Å². The Kier molecular flexibility index (Phi) is 15.9. The summed E-state index contributed by atoms with van der Waals surface area (Å²) in [6.45, 7) is 8.33. The molecule has 1 saturated heterocycles. The van der Waals surface area contributed by atoms with Crippen molar-refractivity contribution in [2.45, 2.75) is 38.9 Å². The second-order valence-corrected chi connectivity index (χ2v) is 23.7. The maximum Gasteiger partial charge on any atom is 0.497 e. The van der Waals surface area contributed by atoms with Crippen molar-refractivity contribution < 1.29 is 35.7 Å². The van der Waals surface area contributed by atoms with E-state index < -0.39 is 42.0 Å². The van der Waals surface area contributed by atoms with Gasteiger partial charge in [0, 0.05) is 61.4 Å². The third-order valence-corrected chi connectivity index (χ3v) is 17.4. The molecule has 0 unspecified atom stereocenters. The summed E-state index contributed by atoms with van der Waals surface area (Å²) in [4.78, 5) is 12.5. The molecule has 15 rings (SSSR count). The Morgan fingerprint density at radius 1 is 0.367 bits per heavy atom. The van der Waals surface area contributed by atoms with Gasteiger partial charge in [-0.25, -0.2) is 26.3 Å². The fourth-order valence-corrected chi connectivity index (χ4v) is 11.9. The van der Waals surface area contributed by atoms with E-state index in [9.17, 15) is 22.0 Å². The van der Waals surface area contributed by atoms with Crippen molar-refractivity contribution in [3.05, 3.63) is 294 Å². The quantitative estimate of drug-likeness (QED) is 0.0654. The zero-order chi connectivity index (χ0) is 62.4. The Morgan fingerprint density at radius 2 is 0.778 bits per heavy atom. The molecule has 0 spiro atoms. The van der Waals surface area contributed by atoms with E-state index in [0.717, 1.165) is 76.5 Å². The van der Waals surface area contributed by atoms with Crippen LogP contribution >= 0.6 is 15.9 Å². The van der Waals surface area contributed by atoms with Crippen LogP contribution in [-0.4, -0.2) is 28.3 Å². The normalized spacial score (nSPS) is 13.3. The molecule has 2 aromatic heterocycles. The van der Waals surface area contributed by atoms with Gasteiger partial charge in [0.15, 0.2) is 34.9 Å². The van der Waals surface area contributed by atoms with Crippen LogP contribution in [0.25, 0.3) is 76.0 Å². The van der Waals surface area contributed by atoms with Gasteiger partial charge < -0.3 is 19.1 Å². The van der Waals surface area contributed by atoms with Crippen LogP contribution < -0.4 is 15.3 Å². The predicted molar refractivity (Wildman–Crippen MR) is 358 cm³/mol. The number of aromatic nitrogens is 2. The van der Waals surface area contributed by atoms with Crippen molar-refractivity contribution in [1.82, 2.24) is 9.97 Å². The Morgan fingerprint density at radius 3 is 1.28 bits per heavy atom. The van der Waals surface area contributed by atoms with Crippen LogP contribution in [0.5, 0.6) is 0 Å². The molecule has 0 amide bonds. The van der Waals surface area contributed by atoms with Crippen molar-refractivity contribution in [3.63, 3.8) is 0 Å². The maximum atomic E-state index is 15.0. The summed E-state index contributed by atoms with van der Waals surface area (Å²) in [7, 11) is -0.434. The maximum absolute atomic E-state index is 15.0. The summed E-state index contributed by atoms with van der Waals surface area (Å²) in [5.74, 6) is -7.90. The predicted octanol–water partition coefficient (Wildman–Crippen LogP) is 21.3. The van der Waals surface area contributed by atoms with Gasteiger partial charge in [-0.1, -0.05) is 155 Å². The van der Waals surface area contributed by atoms with Crippen molar-refractivity contribution >= 4 is 128 Å². The minimum Gasteiger partial charge on any atom is -0.399 e. The van der Waals surface area contributed by atoms with Crippen LogP contribution in [0.15, 0.2) is 260 Å². The molecule has 3 heterocycles. The van der Waals surface area contributed by atoms with E-state index in [1.165, 1.54) is 38.6 Å². The lowest BCUT2D eigenvalue weighted by atomic mass is 9.76. The molecule has 1 aliphatic heterocycles. The second kappa shape index (κ2) is 24.3. The van der Waals surface area contributed by atoms with Crippen LogP contribution in [-0.2, 0) is 9.31 Å². The van der Waals surface area contributed by atoms with E-state index in [1.807, 2.05) is 79.0 Å². The van der Waals surface area contributed by atoms with E-state index in [1.54, 1.807) is 71.8 Å². The van der Waals surface area contributed by atoms with Crippen LogP contribution in [0.1, 0.15) is 27.7 Å². The first-order chi connectivity index (χ1) is 43.5. The molecule has 14 aromatic rings. The van der Waals surface area contributed by atoms with Gasteiger partial charge in [0.2, 0.25) is 0 Å². The minimum absolute atomic E-state index is 0.0579. The van der Waals surface area contributed by atoms with Gasteiger partial charge in [-0.05, 0) is 179 Å². The first-order valence-electron chi connectivity index (χ1n) is 29.1. The Hall–Kier alpha value is -9.86. The fraction of sp³-hybridized carbons (Fsp3) is 0.0789. The highest BCUT2D eigenvalue weighted by molar-refractivity contribution is 9.10. The average Bonchev–Trinajstić information content (AvgIpc) is 1.16. The fourth-order valence-electron chi connectivity index (χ4n) is 11.6. The number of rotatable bonds is 8. The number of hydrogen-bond donors (Lipinski definition) is 0. The lowest BCUT2D eigenvalue weighted by Crippen LogP contribution is -2.41. The molecule has 0 aliphatic carbocycles. The van der Waals surface area contributed by atoms with Crippen LogP contribution in [0.2, 0.25) is 0 Å². The van der Waals surface area contributed by atoms with E-state index in [4.69, 9.17) is 19.3 Å². The van der Waals surface area contributed by atoms with E-state index in [-0.39, 0.29) is 22.6 Å². The molecule has 14 heteroatoms. The van der Waals surface area contributed by atoms with Gasteiger partial charge in [0.1, 0.15) is 0 Å². The molecule has 90 heavy (non-hydrogen) atoms. The number of benzene rings is 12. The van der Waals surface area contributed by atoms with E-state index in [0.29, 0.717) is 22.7 Å². The van der Waals surface area contributed by atoms with Crippen LogP contribution in [0.3, 0.4) is 0 Å². The standard InChI is InChI=1S/C35H21F3N2.C23H22BNO2.C18H11BrF3N/c36-31-18-19-32(34(38)33(31)37)40(24-8-2-1-3-9-24)25-15-12-23(13-16-25)29-21-30-26-10-5-4-7-22(26)14-17-27(30)28-11-6-20-39-35(28)29;1-22(2)23(3,4)27-24(26-22)20-14-19-16-9-6-5-8-15(16)11-12-17(19)18-10-7-13-25-21(18)20;19-12-6-8-14(9-7-12)23(13-4-2-1-3-5-13)16-11-10-15(20)17(21)18(16)22/h1-21H;5-14H,1-4H3;1-11H. The third kappa shape index (κ3) is 11.1. The summed E-state index contributed by atoms with van der Waals surface area (Å²) in [5, 5.41) is 11.6. The molecule has 0 radical (unpaired) electrons. The molecular formula is C76H54BBrF6N4O2. The SMILES string of the molecule is CC1(C)OB(c2cc3c4ccccc4ccc3c3cccnc23)OC1(C)C.Fc1ccc(N(c2ccccc2)c2ccc(-c3cc4c5ccccc5ccc4c4cccnc34)cc2)c(F)c1F.Fc1ccc(N(c2ccccc2)c2ccc(Br)cc2)c(F)c1F. The van der Waals surface area contributed by atoms with E-state index >= 15 is 4.39 Å². The summed E-state index contributed by atoms with van der Waals surface area (Å²) in [5.41, 5.74) is 6.30. The Labute approximate surface area is 524 Å². The minimum atomic E-state index is -1.50. The molecule has 442 valence electrons. The molecule has 0 bridgehead atoms. The molecular weight excluding hydrogens is 1210 g/mol. The Bertz CT molecular complexity index is 5010. The molecule has 6 nitrogen and oxygen atoms in total. The number of fused-ring (bicyclic) bond motifs is 10. The number of nitrogens with zero attached hydrogens (tertiary/aromatic N) is 4. The summed E-state index contributed by atoms with van der Waals surface area (Å²) in [6, 6.07) is 75.0. The second-order valence-electron chi connectivity index (χ2n) is 22.8. The molecule has 1 aliphatic rings. The molecule has 1 fully saturated rings. The van der Waals surface area contributed by atoms with Gasteiger partial charge in [-0.15, -0.1) is 0 Å². The number of hydrogen-bond acceptors (Lipinski definition) is 6. The highest BCUT2D eigenvalue weighted by Crippen LogP contribution is 2.43. The monoisotopic (exact) mass is 1260 g/mol. The molecule has 0 saturated carbocycles. The first-order valence-corrected chi connectivity index (χ1v) is 29.9. The summed E-state index contributed by atoms with van der Waals surface area (Å²) in [6.07, 6.45) is 3.63. The zero-order valence-corrected chi connectivity index (χ0v) is 50.7. The third-order valence-electron chi connectivity index (χ3n) is 16.8. The van der Waals surface area contributed by atoms with Gasteiger partial charge in [-0.2, -0.15) is 0 Å². The van der Waals surface area contributed by atoms with Crippen molar-refractivity contribution in [3.8, 4) is 11.1 Å². The lowest BCUT2D eigenvalue weighted by molar-refractivity contribution is 0.00578. The lowest BCUT2D eigenvalue weighted by Gasteiger charge is -2.32. The molecule has 0 N–H and O–H groups in total. The average molecular weight is 1260 g/mol. The zero-order valence-electron chi connectivity index (χ0n) is 49.1. The van der Waals surface area contributed by atoms with Gasteiger partial charge in [-0.3, -0.25) is 9.97 Å². The van der Waals surface area contributed by atoms with E-state index in [2.05, 4.69) is 129 Å². The molecule has 12 aromatic carbocycles. The van der Waals surface area contributed by atoms with Crippen molar-refractivity contribution in [1.29, 1.82) is 0 Å². The van der Waals surface area contributed by atoms with Gasteiger partial charge in [0.05, 0.1) is 33.6 Å². The van der Waals surface area contributed by atoms with Gasteiger partial charge >= 0.3 is 7.12 Å². The number of para-hydroxylation sites is 2. The smallest absolute Gasteiger partial charge is 0.399 e. The highest BCUT2D eigenvalue weighted by atomic mass is 79.9. The van der Waals surface area contributed by atoms with Crippen LogP contribution in [0.4, 0.5) is 60.5 Å². The summed E-state index contributed by atoms with van der Waals surface area (Å²) < 4.78 is 97.8. The van der Waals surface area contributed by atoms with Gasteiger partial charge in [0.25, 0.3) is 0 Å².